The summed E-state index contributed by atoms with van der Waals surface area (Å²) in [7, 11) is 1.31. The van der Waals surface area contributed by atoms with Crippen molar-refractivity contribution in [3.05, 3.63) is 83.6 Å². The van der Waals surface area contributed by atoms with E-state index in [1.54, 1.807) is 36.4 Å². The van der Waals surface area contributed by atoms with Crippen LogP contribution in [0.1, 0.15) is 33.2 Å². The molecule has 0 amide bonds. The number of hydrogen-bond acceptors (Lipinski definition) is 5. The van der Waals surface area contributed by atoms with Crippen molar-refractivity contribution in [3.8, 4) is 17.0 Å². The molecule has 2 aromatic carbocycles. The van der Waals surface area contributed by atoms with E-state index in [-0.39, 0.29) is 0 Å². The van der Waals surface area contributed by atoms with E-state index in [1.165, 1.54) is 12.7 Å². The third-order valence-corrected chi connectivity index (χ3v) is 4.14. The Morgan fingerprint density at radius 3 is 2.04 bits per heavy atom. The van der Waals surface area contributed by atoms with Crippen LogP contribution in [0.5, 0.6) is 5.75 Å². The molecule has 0 spiro atoms. The molecule has 5 heteroatoms. The molecular weight excluding hydrogens is 342 g/mol. The second kappa shape index (κ2) is 8.27. The molecule has 1 aromatic heterocycles. The first-order chi connectivity index (χ1) is 13.1. The number of benzene rings is 2. The Morgan fingerprint density at radius 2 is 1.48 bits per heavy atom. The predicted molar refractivity (Wildman–Crippen MR) is 102 cm³/mol. The molecule has 0 radical (unpaired) electrons. The maximum Gasteiger partial charge on any atom is 0.343 e. The van der Waals surface area contributed by atoms with Crippen LogP contribution in [-0.4, -0.2) is 24.0 Å². The molecular formula is C22H19NO4. The molecule has 27 heavy (non-hydrogen) atoms. The molecule has 0 N–H and O–H groups in total. The number of carbonyl (C=O) groups excluding carboxylic acids is 2. The third kappa shape index (κ3) is 4.39. The van der Waals surface area contributed by atoms with Gasteiger partial charge in [0.15, 0.2) is 0 Å². The predicted octanol–water partition coefficient (Wildman–Crippen LogP) is 4.32. The average Bonchev–Trinajstić information content (AvgIpc) is 2.74. The number of hydrogen-bond donors (Lipinski definition) is 0. The Bertz CT molecular complexity index is 930. The van der Waals surface area contributed by atoms with Gasteiger partial charge in [-0.1, -0.05) is 25.1 Å². The molecule has 5 nitrogen and oxygen atoms in total. The fourth-order valence-electron chi connectivity index (χ4n) is 2.52. The van der Waals surface area contributed by atoms with Crippen LogP contribution in [0.3, 0.4) is 0 Å². The Balaban J connectivity index is 1.69. The van der Waals surface area contributed by atoms with Crippen LogP contribution in [0.15, 0.2) is 66.9 Å². The Hall–Kier alpha value is -3.47. The van der Waals surface area contributed by atoms with E-state index in [2.05, 4.69) is 16.6 Å². The number of pyridine rings is 1. The largest absolute Gasteiger partial charge is 0.465 e. The van der Waals surface area contributed by atoms with E-state index in [0.717, 1.165) is 17.7 Å². The van der Waals surface area contributed by atoms with Gasteiger partial charge in [-0.3, -0.25) is 4.98 Å². The number of aromatic nitrogens is 1. The number of esters is 2. The molecule has 136 valence electrons. The monoisotopic (exact) mass is 361 g/mol. The van der Waals surface area contributed by atoms with Gasteiger partial charge in [-0.05, 0) is 54.4 Å². The number of methoxy groups -OCH3 is 1. The first-order valence-corrected chi connectivity index (χ1v) is 8.56. The molecule has 0 saturated carbocycles. The topological polar surface area (TPSA) is 65.5 Å². The van der Waals surface area contributed by atoms with Crippen molar-refractivity contribution < 1.29 is 19.1 Å². The first-order valence-electron chi connectivity index (χ1n) is 8.56. The molecule has 3 aromatic rings. The summed E-state index contributed by atoms with van der Waals surface area (Å²) < 4.78 is 9.97. The summed E-state index contributed by atoms with van der Waals surface area (Å²) in [6.45, 7) is 2.08. The summed E-state index contributed by atoms with van der Waals surface area (Å²) >= 11 is 0. The minimum Gasteiger partial charge on any atom is -0.465 e. The van der Waals surface area contributed by atoms with Crippen LogP contribution in [0.2, 0.25) is 0 Å². The maximum atomic E-state index is 12.3. The highest BCUT2D eigenvalue weighted by molar-refractivity contribution is 5.92. The maximum absolute atomic E-state index is 12.3. The quantitative estimate of drug-likeness (QED) is 0.500. The highest BCUT2D eigenvalue weighted by Gasteiger charge is 2.11. The highest BCUT2D eigenvalue weighted by Crippen LogP contribution is 2.20. The average molecular weight is 361 g/mol. The molecule has 0 aliphatic carbocycles. The summed E-state index contributed by atoms with van der Waals surface area (Å²) in [6.07, 6.45) is 2.80. The van der Waals surface area contributed by atoms with Gasteiger partial charge < -0.3 is 9.47 Å². The van der Waals surface area contributed by atoms with Gasteiger partial charge in [-0.25, -0.2) is 9.59 Å². The molecule has 0 fully saturated rings. The fourth-order valence-corrected chi connectivity index (χ4v) is 2.52. The van der Waals surface area contributed by atoms with E-state index in [9.17, 15) is 9.59 Å². The van der Waals surface area contributed by atoms with Gasteiger partial charge in [0, 0.05) is 11.8 Å². The summed E-state index contributed by atoms with van der Waals surface area (Å²) in [5.41, 5.74) is 3.78. The van der Waals surface area contributed by atoms with Gasteiger partial charge in [-0.2, -0.15) is 0 Å². The lowest BCUT2D eigenvalue weighted by molar-refractivity contribution is 0.0600. The van der Waals surface area contributed by atoms with Crippen molar-refractivity contribution in [3.63, 3.8) is 0 Å². The van der Waals surface area contributed by atoms with Gasteiger partial charge in [0.05, 0.1) is 23.9 Å². The summed E-state index contributed by atoms with van der Waals surface area (Å²) in [6, 6.07) is 17.3. The van der Waals surface area contributed by atoms with Crippen LogP contribution < -0.4 is 4.74 Å². The zero-order valence-corrected chi connectivity index (χ0v) is 15.1. The summed E-state index contributed by atoms with van der Waals surface area (Å²) in [5, 5.41) is 0. The lowest BCUT2D eigenvalue weighted by Gasteiger charge is -2.06. The molecule has 0 atom stereocenters. The van der Waals surface area contributed by atoms with Crippen molar-refractivity contribution in [1.29, 1.82) is 0 Å². The van der Waals surface area contributed by atoms with Crippen molar-refractivity contribution in [1.82, 2.24) is 4.98 Å². The van der Waals surface area contributed by atoms with E-state index in [0.29, 0.717) is 16.9 Å². The zero-order valence-electron chi connectivity index (χ0n) is 15.1. The van der Waals surface area contributed by atoms with Gasteiger partial charge >= 0.3 is 11.9 Å². The van der Waals surface area contributed by atoms with Crippen molar-refractivity contribution in [2.24, 2.45) is 0 Å². The second-order valence-corrected chi connectivity index (χ2v) is 5.89. The number of carbonyl (C=O) groups is 2. The van der Waals surface area contributed by atoms with E-state index in [1.807, 2.05) is 30.5 Å². The molecule has 0 bridgehead atoms. The van der Waals surface area contributed by atoms with Crippen molar-refractivity contribution in [2.75, 3.05) is 7.11 Å². The lowest BCUT2D eigenvalue weighted by Crippen LogP contribution is -2.08. The molecule has 0 aliphatic heterocycles. The van der Waals surface area contributed by atoms with Crippen LogP contribution >= 0.6 is 0 Å². The Kier molecular flexibility index (Phi) is 5.61. The van der Waals surface area contributed by atoms with Crippen LogP contribution in [0.25, 0.3) is 11.3 Å². The standard InChI is InChI=1S/C22H19NO4/c1-3-15-4-13-20(23-14-15)16-5-7-18(8-6-16)22(25)27-19-11-9-17(10-12-19)21(24)26-2/h4-14H,3H2,1-2H3. The molecule has 0 aliphatic rings. The fraction of sp³-hybridized carbons (Fsp3) is 0.136. The van der Waals surface area contributed by atoms with Crippen LogP contribution in [0.4, 0.5) is 0 Å². The van der Waals surface area contributed by atoms with Crippen LogP contribution in [0, 0.1) is 0 Å². The number of nitrogens with zero attached hydrogens (tertiary/aromatic N) is 1. The normalized spacial score (nSPS) is 10.3. The van der Waals surface area contributed by atoms with Crippen molar-refractivity contribution in [2.45, 2.75) is 13.3 Å². The highest BCUT2D eigenvalue weighted by atomic mass is 16.5. The minimum atomic E-state index is -0.471. The van der Waals surface area contributed by atoms with Crippen LogP contribution in [-0.2, 0) is 11.2 Å². The van der Waals surface area contributed by atoms with E-state index in [4.69, 9.17) is 4.74 Å². The molecule has 0 saturated heterocycles. The molecule has 1 heterocycles. The molecule has 3 rings (SSSR count). The number of ether oxygens (including phenoxy) is 2. The second-order valence-electron chi connectivity index (χ2n) is 5.89. The lowest BCUT2D eigenvalue weighted by atomic mass is 10.1. The van der Waals surface area contributed by atoms with Crippen molar-refractivity contribution >= 4 is 11.9 Å². The zero-order chi connectivity index (χ0) is 19.2. The van der Waals surface area contributed by atoms with E-state index >= 15 is 0 Å². The van der Waals surface area contributed by atoms with Gasteiger partial charge in [0.25, 0.3) is 0 Å². The Labute approximate surface area is 157 Å². The summed E-state index contributed by atoms with van der Waals surface area (Å²) in [4.78, 5) is 28.1. The third-order valence-electron chi connectivity index (χ3n) is 4.14. The minimum absolute atomic E-state index is 0.355. The smallest absolute Gasteiger partial charge is 0.343 e. The molecule has 0 unspecified atom stereocenters. The van der Waals surface area contributed by atoms with Gasteiger partial charge in [0.2, 0.25) is 0 Å². The van der Waals surface area contributed by atoms with E-state index < -0.39 is 11.9 Å². The number of aryl methyl sites for hydroxylation is 1. The summed E-state index contributed by atoms with van der Waals surface area (Å²) in [5.74, 6) is -0.556. The Morgan fingerprint density at radius 1 is 0.852 bits per heavy atom. The van der Waals surface area contributed by atoms with Gasteiger partial charge in [0.1, 0.15) is 5.75 Å². The number of rotatable bonds is 5. The van der Waals surface area contributed by atoms with Gasteiger partial charge in [-0.15, -0.1) is 0 Å². The first kappa shape index (κ1) is 18.3. The SMILES string of the molecule is CCc1ccc(-c2ccc(C(=O)Oc3ccc(C(=O)OC)cc3)cc2)nc1.